The van der Waals surface area contributed by atoms with Gasteiger partial charge in [-0.15, -0.1) is 0 Å². The van der Waals surface area contributed by atoms with E-state index in [0.29, 0.717) is 25.9 Å². The lowest BCUT2D eigenvalue weighted by Gasteiger charge is -2.40. The van der Waals surface area contributed by atoms with E-state index in [2.05, 4.69) is 9.88 Å². The summed E-state index contributed by atoms with van der Waals surface area (Å²) in [6.45, 7) is 1.49. The summed E-state index contributed by atoms with van der Waals surface area (Å²) in [5, 5.41) is 19.7. The van der Waals surface area contributed by atoms with Gasteiger partial charge in [-0.25, -0.2) is 4.98 Å². The molecule has 0 bridgehead atoms. The fraction of sp³-hybridized carbons (Fsp3) is 0.526. The first kappa shape index (κ1) is 20.1. The summed E-state index contributed by atoms with van der Waals surface area (Å²) in [5.41, 5.74) is 5.50. The molecule has 0 unspecified atom stereocenters. The summed E-state index contributed by atoms with van der Waals surface area (Å²) < 4.78 is 2.01. The fourth-order valence-electron chi connectivity index (χ4n) is 3.61. The van der Waals surface area contributed by atoms with Gasteiger partial charge >= 0.3 is 5.97 Å². The smallest absolute Gasteiger partial charge is 0.320 e. The van der Waals surface area contributed by atoms with Gasteiger partial charge in [-0.05, 0) is 31.4 Å². The largest absolute Gasteiger partial charge is 0.480 e. The van der Waals surface area contributed by atoms with Gasteiger partial charge in [0.05, 0.1) is 11.1 Å². The molecule has 1 aliphatic heterocycles. The zero-order valence-corrected chi connectivity index (χ0v) is 16.0. The van der Waals surface area contributed by atoms with Crippen LogP contribution in [0.4, 0.5) is 5.82 Å². The molecule has 0 aromatic carbocycles. The van der Waals surface area contributed by atoms with Crippen LogP contribution in [0, 0.1) is 0 Å². The van der Waals surface area contributed by atoms with Gasteiger partial charge in [-0.2, -0.15) is 0 Å². The molecule has 2 aromatic rings. The quantitative estimate of drug-likeness (QED) is 0.623. The molecule has 28 heavy (non-hydrogen) atoms. The van der Waals surface area contributed by atoms with Crippen molar-refractivity contribution < 1.29 is 19.8 Å². The Morgan fingerprint density at radius 1 is 1.36 bits per heavy atom. The van der Waals surface area contributed by atoms with Crippen LogP contribution in [0.3, 0.4) is 0 Å². The molecule has 1 amide bonds. The lowest BCUT2D eigenvalue weighted by Crippen LogP contribution is -2.51. The number of carbonyl (C=O) groups excluding carboxylic acids is 1. The summed E-state index contributed by atoms with van der Waals surface area (Å²) in [6, 6.07) is 2.93. The van der Waals surface area contributed by atoms with E-state index in [0.717, 1.165) is 11.3 Å². The van der Waals surface area contributed by atoms with Gasteiger partial charge < -0.3 is 30.1 Å². The van der Waals surface area contributed by atoms with Crippen molar-refractivity contribution in [1.82, 2.24) is 14.3 Å². The first-order chi connectivity index (χ1) is 13.3. The zero-order chi connectivity index (χ0) is 20.3. The number of likely N-dealkylation sites (N-methyl/N-ethyl adjacent to an activating group) is 1. The van der Waals surface area contributed by atoms with Gasteiger partial charge in [0.15, 0.2) is 5.82 Å². The van der Waals surface area contributed by atoms with E-state index in [4.69, 9.17) is 10.8 Å². The zero-order valence-electron chi connectivity index (χ0n) is 16.0. The highest BCUT2D eigenvalue weighted by atomic mass is 16.4. The lowest BCUT2D eigenvalue weighted by molar-refractivity contribution is -0.139. The Balaban J connectivity index is 1.55. The number of amides is 1. The summed E-state index contributed by atoms with van der Waals surface area (Å²) in [4.78, 5) is 31.1. The molecular weight excluding hydrogens is 362 g/mol. The Morgan fingerprint density at radius 3 is 2.75 bits per heavy atom. The summed E-state index contributed by atoms with van der Waals surface area (Å²) in [6.07, 6.45) is 6.79. The van der Waals surface area contributed by atoms with Crippen molar-refractivity contribution in [3.05, 3.63) is 30.7 Å². The van der Waals surface area contributed by atoms with E-state index in [1.54, 1.807) is 13.2 Å². The predicted octanol–water partition coefficient (Wildman–Crippen LogP) is 0.316. The van der Waals surface area contributed by atoms with Crippen LogP contribution >= 0.6 is 0 Å². The predicted molar refractivity (Wildman–Crippen MR) is 104 cm³/mol. The molecule has 0 aliphatic carbocycles. The number of nitrogens with zero attached hydrogens (tertiary/aromatic N) is 4. The molecule has 1 saturated heterocycles. The average Bonchev–Trinajstić information content (AvgIpc) is 3.15. The second-order valence-electron chi connectivity index (χ2n) is 7.50. The van der Waals surface area contributed by atoms with Crippen molar-refractivity contribution >= 4 is 23.2 Å². The molecular formula is C19H27N5O4. The number of fused-ring (bicyclic) bond motifs is 1. The highest BCUT2D eigenvalue weighted by Gasteiger charge is 2.35. The number of aliphatic carboxylic acids is 1. The molecule has 1 aliphatic rings. The second kappa shape index (κ2) is 8.15. The minimum atomic E-state index is -1.12. The van der Waals surface area contributed by atoms with E-state index in [1.165, 1.54) is 4.90 Å². The fourth-order valence-corrected chi connectivity index (χ4v) is 3.61. The molecule has 4 N–H and O–H groups in total. The number of rotatable bonds is 7. The van der Waals surface area contributed by atoms with Crippen LogP contribution in [0.15, 0.2) is 30.7 Å². The molecule has 0 saturated carbocycles. The number of nitrogens with two attached hydrogens (primary N) is 1. The van der Waals surface area contributed by atoms with Crippen molar-refractivity contribution in [2.45, 2.75) is 37.3 Å². The number of hydrogen-bond donors (Lipinski definition) is 3. The van der Waals surface area contributed by atoms with Gasteiger partial charge in [0, 0.05) is 51.7 Å². The number of piperidine rings is 1. The molecule has 3 rings (SSSR count). The second-order valence-corrected chi connectivity index (χ2v) is 7.50. The first-order valence-corrected chi connectivity index (χ1v) is 9.40. The molecule has 0 spiro atoms. The van der Waals surface area contributed by atoms with Crippen molar-refractivity contribution in [3.8, 4) is 0 Å². The number of hydrogen-bond acceptors (Lipinski definition) is 6. The molecule has 1 fully saturated rings. The van der Waals surface area contributed by atoms with Crippen molar-refractivity contribution in [3.63, 3.8) is 0 Å². The van der Waals surface area contributed by atoms with Crippen molar-refractivity contribution in [1.29, 1.82) is 0 Å². The Kier molecular flexibility index (Phi) is 5.85. The van der Waals surface area contributed by atoms with Gasteiger partial charge in [-0.3, -0.25) is 9.59 Å². The van der Waals surface area contributed by atoms with Crippen molar-refractivity contribution in [2.75, 3.05) is 31.6 Å². The van der Waals surface area contributed by atoms with E-state index < -0.39 is 17.6 Å². The maximum Gasteiger partial charge on any atom is 0.320 e. The molecule has 2 aromatic heterocycles. The molecule has 0 radical (unpaired) electrons. The number of carboxylic acid groups (broad SMARTS) is 1. The molecule has 152 valence electrons. The van der Waals surface area contributed by atoms with Gasteiger partial charge in [-0.1, -0.05) is 0 Å². The minimum absolute atomic E-state index is 0.0479. The Hall–Kier alpha value is -2.65. The van der Waals surface area contributed by atoms with Gasteiger partial charge in [0.2, 0.25) is 5.91 Å². The van der Waals surface area contributed by atoms with Crippen LogP contribution in [0.1, 0.15) is 25.7 Å². The van der Waals surface area contributed by atoms with E-state index in [1.807, 2.05) is 28.9 Å². The minimum Gasteiger partial charge on any atom is -0.480 e. The third kappa shape index (κ3) is 4.42. The third-order valence-corrected chi connectivity index (χ3v) is 5.37. The third-order valence-electron chi connectivity index (χ3n) is 5.37. The number of carbonyl (C=O) groups is 2. The van der Waals surface area contributed by atoms with E-state index >= 15 is 0 Å². The van der Waals surface area contributed by atoms with E-state index in [9.17, 15) is 14.7 Å². The molecule has 1 atom stereocenters. The van der Waals surface area contributed by atoms with Crippen LogP contribution in [-0.2, 0) is 9.59 Å². The number of anilines is 1. The number of aliphatic hydroxyl groups is 1. The Bertz CT molecular complexity index is 844. The number of aromatic nitrogens is 2. The molecule has 9 heteroatoms. The van der Waals surface area contributed by atoms with Crippen LogP contribution in [-0.4, -0.2) is 74.7 Å². The summed E-state index contributed by atoms with van der Waals surface area (Å²) in [5.74, 6) is -0.443. The Morgan fingerprint density at radius 2 is 2.07 bits per heavy atom. The lowest BCUT2D eigenvalue weighted by atomic mass is 9.90. The normalized spacial score (nSPS) is 17.5. The summed E-state index contributed by atoms with van der Waals surface area (Å²) >= 11 is 0. The Labute approximate surface area is 163 Å². The number of carboxylic acids is 1. The summed E-state index contributed by atoms with van der Waals surface area (Å²) in [7, 11) is 1.63. The molecule has 9 nitrogen and oxygen atoms in total. The maximum atomic E-state index is 12.2. The molecule has 3 heterocycles. The van der Waals surface area contributed by atoms with Crippen LogP contribution in [0.25, 0.3) is 5.52 Å². The van der Waals surface area contributed by atoms with Crippen LogP contribution < -0.4 is 10.6 Å². The SMILES string of the molecule is CN(CC1(O)CCN(c2nccn3cccc23)CC1)C(=O)CC[C@H](N)C(=O)O. The van der Waals surface area contributed by atoms with Crippen LogP contribution in [0.5, 0.6) is 0 Å². The van der Waals surface area contributed by atoms with E-state index in [-0.39, 0.29) is 25.3 Å². The van der Waals surface area contributed by atoms with Crippen LogP contribution in [0.2, 0.25) is 0 Å². The van der Waals surface area contributed by atoms with Gasteiger partial charge in [0.1, 0.15) is 6.04 Å². The first-order valence-electron chi connectivity index (χ1n) is 9.40. The maximum absolute atomic E-state index is 12.2. The van der Waals surface area contributed by atoms with Crippen molar-refractivity contribution in [2.24, 2.45) is 5.73 Å². The topological polar surface area (TPSA) is 124 Å². The monoisotopic (exact) mass is 389 g/mol. The highest BCUT2D eigenvalue weighted by molar-refractivity contribution is 5.78. The standard InChI is InChI=1S/C19H27N5O4/c1-22(16(25)5-4-14(20)18(26)27)13-19(28)6-10-24(11-7-19)17-15-3-2-9-23(15)12-8-21-17/h2-3,8-9,12,14,28H,4-7,10-11,13,20H2,1H3,(H,26,27)/t14-/m0/s1. The van der Waals surface area contributed by atoms with Gasteiger partial charge in [0.25, 0.3) is 0 Å². The highest BCUT2D eigenvalue weighted by Crippen LogP contribution is 2.28. The average molecular weight is 389 g/mol.